The summed E-state index contributed by atoms with van der Waals surface area (Å²) in [5.74, 6) is 1.28. The van der Waals surface area contributed by atoms with Crippen molar-refractivity contribution >= 4 is 17.9 Å². The molecule has 2 unspecified atom stereocenters. The monoisotopic (exact) mass is 385 g/mol. The average molecular weight is 386 g/mol. The number of imide groups is 1. The molecule has 2 aliphatic rings. The number of benzene rings is 1. The summed E-state index contributed by atoms with van der Waals surface area (Å²) in [6.45, 7) is 6.69. The number of guanidine groups is 1. The highest BCUT2D eigenvalue weighted by Crippen LogP contribution is 2.26. The number of carbonyl (C=O) groups excluding carboxylic acids is 2. The fourth-order valence-corrected chi connectivity index (χ4v) is 3.91. The van der Waals surface area contributed by atoms with Gasteiger partial charge in [0.1, 0.15) is 5.54 Å². The molecule has 0 radical (unpaired) electrons. The predicted octanol–water partition coefficient (Wildman–Crippen LogP) is 2.16. The van der Waals surface area contributed by atoms with Gasteiger partial charge in [-0.1, -0.05) is 37.3 Å². The summed E-state index contributed by atoms with van der Waals surface area (Å²) in [4.78, 5) is 32.5. The molecule has 3 amide bonds. The number of carbonyl (C=O) groups is 2. The van der Waals surface area contributed by atoms with Gasteiger partial charge in [0.05, 0.1) is 0 Å². The second-order valence-electron chi connectivity index (χ2n) is 7.74. The third-order valence-electron chi connectivity index (χ3n) is 5.86. The maximum absolute atomic E-state index is 12.4. The lowest BCUT2D eigenvalue weighted by Gasteiger charge is -2.22. The first-order chi connectivity index (χ1) is 13.5. The van der Waals surface area contributed by atoms with Gasteiger partial charge in [-0.3, -0.25) is 14.7 Å². The van der Waals surface area contributed by atoms with E-state index in [4.69, 9.17) is 0 Å². The Labute approximate surface area is 167 Å². The van der Waals surface area contributed by atoms with Crippen LogP contribution < -0.4 is 10.6 Å². The molecule has 2 atom stereocenters. The normalized spacial score (nSPS) is 25.4. The Balaban J connectivity index is 1.45. The number of amides is 3. The second-order valence-corrected chi connectivity index (χ2v) is 7.74. The van der Waals surface area contributed by atoms with E-state index in [1.54, 1.807) is 14.0 Å². The van der Waals surface area contributed by atoms with Gasteiger partial charge < -0.3 is 15.5 Å². The Morgan fingerprint density at radius 1 is 1.32 bits per heavy atom. The van der Waals surface area contributed by atoms with Crippen molar-refractivity contribution in [3.63, 3.8) is 0 Å². The third-order valence-corrected chi connectivity index (χ3v) is 5.86. The van der Waals surface area contributed by atoms with Gasteiger partial charge in [-0.2, -0.15) is 0 Å². The topological polar surface area (TPSA) is 77.0 Å². The molecule has 2 N–H and O–H groups in total. The first-order valence-corrected chi connectivity index (χ1v) is 10.1. The zero-order valence-electron chi connectivity index (χ0n) is 17.1. The van der Waals surface area contributed by atoms with Crippen molar-refractivity contribution in [3.05, 3.63) is 35.9 Å². The smallest absolute Gasteiger partial charge is 0.325 e. The van der Waals surface area contributed by atoms with E-state index in [1.165, 1.54) is 10.5 Å². The highest BCUT2D eigenvalue weighted by atomic mass is 16.2. The quantitative estimate of drug-likeness (QED) is 0.341. The molecule has 2 aliphatic heterocycles. The van der Waals surface area contributed by atoms with E-state index in [0.29, 0.717) is 31.8 Å². The molecule has 2 heterocycles. The molecular weight excluding hydrogens is 354 g/mol. The molecule has 2 fully saturated rings. The molecule has 2 saturated heterocycles. The Kier molecular flexibility index (Phi) is 6.21. The summed E-state index contributed by atoms with van der Waals surface area (Å²) in [5.41, 5.74) is 0.612. The van der Waals surface area contributed by atoms with Crippen LogP contribution in [0.25, 0.3) is 0 Å². The van der Waals surface area contributed by atoms with Gasteiger partial charge in [0.25, 0.3) is 5.91 Å². The van der Waals surface area contributed by atoms with Crippen molar-refractivity contribution in [2.75, 3.05) is 33.2 Å². The van der Waals surface area contributed by atoms with Crippen LogP contribution in [-0.2, 0) is 4.79 Å². The SMILES string of the molecule is CCC1(C)NC(=O)N(CCCNC(=NC)N2CCC(c3ccccc3)C2)C1=O. The lowest BCUT2D eigenvalue weighted by molar-refractivity contribution is -0.130. The number of hydrogen-bond acceptors (Lipinski definition) is 3. The summed E-state index contributed by atoms with van der Waals surface area (Å²) in [6.07, 6.45) is 2.40. The molecule has 7 heteroatoms. The lowest BCUT2D eigenvalue weighted by Crippen LogP contribution is -2.43. The van der Waals surface area contributed by atoms with Crippen LogP contribution in [0.1, 0.15) is 44.6 Å². The van der Waals surface area contributed by atoms with E-state index in [1.807, 2.05) is 13.0 Å². The van der Waals surface area contributed by atoms with Crippen LogP contribution >= 0.6 is 0 Å². The minimum absolute atomic E-state index is 0.130. The van der Waals surface area contributed by atoms with E-state index in [0.717, 1.165) is 25.5 Å². The Hall–Kier alpha value is -2.57. The molecule has 1 aromatic carbocycles. The van der Waals surface area contributed by atoms with Crippen LogP contribution in [-0.4, -0.2) is 66.5 Å². The summed E-state index contributed by atoms with van der Waals surface area (Å²) in [6, 6.07) is 10.3. The van der Waals surface area contributed by atoms with Gasteiger partial charge in [0, 0.05) is 39.1 Å². The number of aliphatic imine (C=N–C) groups is 1. The van der Waals surface area contributed by atoms with Crippen molar-refractivity contribution in [2.45, 2.75) is 44.6 Å². The van der Waals surface area contributed by atoms with Crippen LogP contribution in [0, 0.1) is 0 Å². The van der Waals surface area contributed by atoms with Crippen LogP contribution in [0.2, 0.25) is 0 Å². The third kappa shape index (κ3) is 4.13. The van der Waals surface area contributed by atoms with Gasteiger partial charge in [-0.05, 0) is 31.7 Å². The van der Waals surface area contributed by atoms with E-state index in [-0.39, 0.29) is 11.9 Å². The van der Waals surface area contributed by atoms with Crippen molar-refractivity contribution in [2.24, 2.45) is 4.99 Å². The molecule has 7 nitrogen and oxygen atoms in total. The van der Waals surface area contributed by atoms with Gasteiger partial charge in [0.2, 0.25) is 0 Å². The van der Waals surface area contributed by atoms with Crippen LogP contribution in [0.15, 0.2) is 35.3 Å². The lowest BCUT2D eigenvalue weighted by atomic mass is 9.99. The van der Waals surface area contributed by atoms with Crippen LogP contribution in [0.3, 0.4) is 0 Å². The standard InChI is InChI=1S/C21H31N5O2/c1-4-21(2)18(27)26(20(28)24-21)13-8-12-23-19(22-3)25-14-11-17(15-25)16-9-6-5-7-10-16/h5-7,9-10,17H,4,8,11-15H2,1-3H3,(H,22,23)(H,24,28). The molecule has 0 aromatic heterocycles. The first kappa shape index (κ1) is 20.2. The maximum Gasteiger partial charge on any atom is 0.325 e. The second kappa shape index (κ2) is 8.63. The largest absolute Gasteiger partial charge is 0.356 e. The molecule has 152 valence electrons. The van der Waals surface area contributed by atoms with Crippen molar-refractivity contribution in [3.8, 4) is 0 Å². The van der Waals surface area contributed by atoms with Gasteiger partial charge in [0.15, 0.2) is 5.96 Å². The fraction of sp³-hybridized carbons (Fsp3) is 0.571. The van der Waals surface area contributed by atoms with Crippen molar-refractivity contribution < 1.29 is 9.59 Å². The fourth-order valence-electron chi connectivity index (χ4n) is 3.91. The van der Waals surface area contributed by atoms with Crippen molar-refractivity contribution in [1.29, 1.82) is 0 Å². The van der Waals surface area contributed by atoms with E-state index in [2.05, 4.69) is 44.8 Å². The van der Waals surface area contributed by atoms with Crippen LogP contribution in [0.5, 0.6) is 0 Å². The zero-order chi connectivity index (χ0) is 20.1. The predicted molar refractivity (Wildman–Crippen MR) is 110 cm³/mol. The Morgan fingerprint density at radius 3 is 2.71 bits per heavy atom. The number of likely N-dealkylation sites (tertiary alicyclic amines) is 1. The number of hydrogen-bond donors (Lipinski definition) is 2. The minimum Gasteiger partial charge on any atom is -0.356 e. The van der Waals surface area contributed by atoms with E-state index < -0.39 is 5.54 Å². The number of nitrogens with one attached hydrogen (secondary N) is 2. The molecule has 1 aromatic rings. The molecule has 0 spiro atoms. The van der Waals surface area contributed by atoms with E-state index >= 15 is 0 Å². The molecule has 0 saturated carbocycles. The molecule has 28 heavy (non-hydrogen) atoms. The number of rotatable bonds is 6. The first-order valence-electron chi connectivity index (χ1n) is 10.1. The molecule has 0 bridgehead atoms. The highest BCUT2D eigenvalue weighted by Gasteiger charge is 2.45. The van der Waals surface area contributed by atoms with Crippen LogP contribution in [0.4, 0.5) is 4.79 Å². The summed E-state index contributed by atoms with van der Waals surface area (Å²) >= 11 is 0. The summed E-state index contributed by atoms with van der Waals surface area (Å²) < 4.78 is 0. The molecule has 0 aliphatic carbocycles. The molecular formula is C21H31N5O2. The zero-order valence-corrected chi connectivity index (χ0v) is 17.1. The summed E-state index contributed by atoms with van der Waals surface area (Å²) in [7, 11) is 1.79. The Morgan fingerprint density at radius 2 is 2.07 bits per heavy atom. The summed E-state index contributed by atoms with van der Waals surface area (Å²) in [5, 5.41) is 6.17. The van der Waals surface area contributed by atoms with E-state index in [9.17, 15) is 9.59 Å². The van der Waals surface area contributed by atoms with Crippen molar-refractivity contribution in [1.82, 2.24) is 20.4 Å². The van der Waals surface area contributed by atoms with Gasteiger partial charge in [-0.25, -0.2) is 4.79 Å². The van der Waals surface area contributed by atoms with Gasteiger partial charge in [-0.15, -0.1) is 0 Å². The minimum atomic E-state index is -0.761. The van der Waals surface area contributed by atoms with Gasteiger partial charge >= 0.3 is 6.03 Å². The Bertz CT molecular complexity index is 736. The highest BCUT2D eigenvalue weighted by molar-refractivity contribution is 6.06. The number of urea groups is 1. The average Bonchev–Trinajstić information content (AvgIpc) is 3.28. The number of nitrogens with zero attached hydrogens (tertiary/aromatic N) is 3. The maximum atomic E-state index is 12.4. The molecule has 3 rings (SSSR count).